The zero-order valence-corrected chi connectivity index (χ0v) is 19.7. The molecular weight excluding hydrogens is 487 g/mol. The van der Waals surface area contributed by atoms with E-state index in [9.17, 15) is 8.42 Å². The van der Waals surface area contributed by atoms with Gasteiger partial charge in [-0.05, 0) is 30.7 Å². The van der Waals surface area contributed by atoms with Crippen LogP contribution in [0.2, 0.25) is 0 Å². The average Bonchev–Trinajstić information content (AvgIpc) is 2.66. The van der Waals surface area contributed by atoms with Gasteiger partial charge in [-0.25, -0.2) is 18.1 Å². The highest BCUT2D eigenvalue weighted by Gasteiger charge is 2.09. The van der Waals surface area contributed by atoms with Crippen LogP contribution in [0.4, 0.5) is 0 Å². The smallest absolute Gasteiger partial charge is 0.215 e. The van der Waals surface area contributed by atoms with Crippen LogP contribution in [0.25, 0.3) is 0 Å². The molecule has 2 aromatic rings. The SMILES string of the molecule is CCNC(=NCc1cccc(CS(=O)(=O)NC)c1)N(C)Cc1ccccc1.I. The van der Waals surface area contributed by atoms with Crippen molar-refractivity contribution in [1.82, 2.24) is 14.9 Å². The van der Waals surface area contributed by atoms with E-state index in [2.05, 4.69) is 27.1 Å². The van der Waals surface area contributed by atoms with Crippen LogP contribution in [0.3, 0.4) is 0 Å². The van der Waals surface area contributed by atoms with E-state index in [1.165, 1.54) is 12.6 Å². The van der Waals surface area contributed by atoms with Gasteiger partial charge >= 0.3 is 0 Å². The summed E-state index contributed by atoms with van der Waals surface area (Å²) in [5.74, 6) is 0.782. The largest absolute Gasteiger partial charge is 0.357 e. The number of nitrogens with one attached hydrogen (secondary N) is 2. The fraction of sp³-hybridized carbons (Fsp3) is 0.350. The number of rotatable bonds is 8. The molecule has 2 aromatic carbocycles. The van der Waals surface area contributed by atoms with Crippen molar-refractivity contribution < 1.29 is 8.42 Å². The van der Waals surface area contributed by atoms with Crippen LogP contribution >= 0.6 is 24.0 Å². The second-order valence-electron chi connectivity index (χ2n) is 6.29. The monoisotopic (exact) mass is 516 g/mol. The number of guanidine groups is 1. The third-order valence-corrected chi connectivity index (χ3v) is 5.36. The highest BCUT2D eigenvalue weighted by molar-refractivity contribution is 14.0. The summed E-state index contributed by atoms with van der Waals surface area (Å²) in [6, 6.07) is 17.8. The van der Waals surface area contributed by atoms with E-state index < -0.39 is 10.0 Å². The molecule has 154 valence electrons. The second kappa shape index (κ2) is 12.0. The summed E-state index contributed by atoms with van der Waals surface area (Å²) in [4.78, 5) is 6.78. The van der Waals surface area contributed by atoms with Crippen molar-refractivity contribution in [2.45, 2.75) is 25.8 Å². The quantitative estimate of drug-likeness (QED) is 0.322. The molecule has 0 fully saturated rings. The van der Waals surface area contributed by atoms with Crippen LogP contribution in [0.15, 0.2) is 59.6 Å². The van der Waals surface area contributed by atoms with Crippen LogP contribution in [0.5, 0.6) is 0 Å². The minimum Gasteiger partial charge on any atom is -0.357 e. The lowest BCUT2D eigenvalue weighted by Crippen LogP contribution is -2.38. The molecule has 0 heterocycles. The zero-order valence-electron chi connectivity index (χ0n) is 16.6. The van der Waals surface area contributed by atoms with Gasteiger partial charge in [-0.3, -0.25) is 0 Å². The van der Waals surface area contributed by atoms with Gasteiger partial charge in [0.25, 0.3) is 0 Å². The normalized spacial score (nSPS) is 11.6. The third kappa shape index (κ3) is 8.15. The van der Waals surface area contributed by atoms with Crippen molar-refractivity contribution in [2.24, 2.45) is 4.99 Å². The number of hydrogen-bond acceptors (Lipinski definition) is 3. The highest BCUT2D eigenvalue weighted by Crippen LogP contribution is 2.10. The van der Waals surface area contributed by atoms with Gasteiger partial charge in [0.1, 0.15) is 0 Å². The van der Waals surface area contributed by atoms with Gasteiger partial charge in [-0.1, -0.05) is 54.6 Å². The maximum atomic E-state index is 11.7. The van der Waals surface area contributed by atoms with Crippen LogP contribution in [0.1, 0.15) is 23.6 Å². The first kappa shape index (κ1) is 24.4. The number of benzene rings is 2. The summed E-state index contributed by atoms with van der Waals surface area (Å²) in [7, 11) is 0.146. The predicted octanol–water partition coefficient (Wildman–Crippen LogP) is 2.95. The molecule has 0 aliphatic carbocycles. The number of hydrogen-bond donors (Lipinski definition) is 2. The first-order valence-electron chi connectivity index (χ1n) is 8.96. The molecule has 0 unspecified atom stereocenters. The molecule has 0 amide bonds. The van der Waals surface area contributed by atoms with Gasteiger partial charge in [0.05, 0.1) is 12.3 Å². The van der Waals surface area contributed by atoms with E-state index in [0.717, 1.165) is 30.2 Å². The standard InChI is InChI=1S/C20H28N4O2S.HI/c1-4-22-20(24(3)15-17-9-6-5-7-10-17)23-14-18-11-8-12-19(13-18)16-27(25,26)21-2;/h5-13,21H,4,14-16H2,1-3H3,(H,22,23);1H. The Kier molecular flexibility index (Phi) is 10.5. The van der Waals surface area contributed by atoms with E-state index in [0.29, 0.717) is 6.54 Å². The maximum absolute atomic E-state index is 11.7. The summed E-state index contributed by atoms with van der Waals surface area (Å²) in [5.41, 5.74) is 2.94. The van der Waals surface area contributed by atoms with E-state index in [-0.39, 0.29) is 29.7 Å². The van der Waals surface area contributed by atoms with Gasteiger partial charge in [0, 0.05) is 20.1 Å². The first-order chi connectivity index (χ1) is 12.9. The Labute approximate surface area is 185 Å². The molecule has 0 saturated heterocycles. The second-order valence-corrected chi connectivity index (χ2v) is 8.22. The summed E-state index contributed by atoms with van der Waals surface area (Å²) in [6.07, 6.45) is 0. The number of halogens is 1. The van der Waals surface area contributed by atoms with Gasteiger partial charge in [0.15, 0.2) is 5.96 Å². The molecule has 0 atom stereocenters. The molecule has 0 spiro atoms. The Hall–Kier alpha value is -1.65. The minimum atomic E-state index is -3.28. The zero-order chi connectivity index (χ0) is 19.7. The lowest BCUT2D eigenvalue weighted by atomic mass is 10.1. The summed E-state index contributed by atoms with van der Waals surface area (Å²) in [5, 5.41) is 3.30. The van der Waals surface area contributed by atoms with Gasteiger partial charge < -0.3 is 10.2 Å². The van der Waals surface area contributed by atoms with E-state index >= 15 is 0 Å². The lowest BCUT2D eigenvalue weighted by molar-refractivity contribution is 0.477. The number of sulfonamides is 1. The summed E-state index contributed by atoms with van der Waals surface area (Å²) < 4.78 is 25.8. The van der Waals surface area contributed by atoms with Crippen LogP contribution in [-0.2, 0) is 28.9 Å². The van der Waals surface area contributed by atoms with Gasteiger partial charge in [0.2, 0.25) is 10.0 Å². The molecule has 0 radical (unpaired) electrons. The first-order valence-corrected chi connectivity index (χ1v) is 10.6. The van der Waals surface area contributed by atoms with Crippen molar-refractivity contribution in [3.8, 4) is 0 Å². The lowest BCUT2D eigenvalue weighted by Gasteiger charge is -2.22. The molecule has 28 heavy (non-hydrogen) atoms. The summed E-state index contributed by atoms with van der Waals surface area (Å²) in [6.45, 7) is 4.05. The van der Waals surface area contributed by atoms with Gasteiger partial charge in [-0.2, -0.15) is 0 Å². The van der Waals surface area contributed by atoms with E-state index in [1.54, 1.807) is 0 Å². The van der Waals surface area contributed by atoms with Crippen LogP contribution < -0.4 is 10.0 Å². The molecule has 0 aliphatic heterocycles. The molecule has 8 heteroatoms. The third-order valence-electron chi connectivity index (χ3n) is 4.03. The molecule has 0 aliphatic rings. The Morgan fingerprint density at radius 1 is 1.04 bits per heavy atom. The fourth-order valence-corrected chi connectivity index (χ4v) is 3.44. The minimum absolute atomic E-state index is 0. The highest BCUT2D eigenvalue weighted by atomic mass is 127. The molecule has 0 aromatic heterocycles. The Balaban J connectivity index is 0.00000392. The van der Waals surface area contributed by atoms with E-state index in [4.69, 9.17) is 4.99 Å². The Morgan fingerprint density at radius 2 is 1.68 bits per heavy atom. The van der Waals surface area contributed by atoms with Crippen LogP contribution in [0, 0.1) is 0 Å². The predicted molar refractivity (Wildman–Crippen MR) is 126 cm³/mol. The Morgan fingerprint density at radius 3 is 2.32 bits per heavy atom. The van der Waals surface area contributed by atoms with Crippen molar-refractivity contribution in [2.75, 3.05) is 20.6 Å². The van der Waals surface area contributed by atoms with Crippen molar-refractivity contribution in [3.05, 3.63) is 71.3 Å². The van der Waals surface area contributed by atoms with E-state index in [1.807, 2.05) is 56.4 Å². The summed E-state index contributed by atoms with van der Waals surface area (Å²) >= 11 is 0. The number of aliphatic imine (C=N–C) groups is 1. The molecule has 0 saturated carbocycles. The van der Waals surface area contributed by atoms with Crippen molar-refractivity contribution in [3.63, 3.8) is 0 Å². The molecule has 2 N–H and O–H groups in total. The molecule has 6 nitrogen and oxygen atoms in total. The topological polar surface area (TPSA) is 73.8 Å². The van der Waals surface area contributed by atoms with Crippen LogP contribution in [-0.4, -0.2) is 39.9 Å². The number of nitrogens with zero attached hydrogens (tertiary/aromatic N) is 2. The maximum Gasteiger partial charge on any atom is 0.215 e. The molecular formula is C20H29IN4O2S. The molecule has 0 bridgehead atoms. The van der Waals surface area contributed by atoms with Crippen molar-refractivity contribution >= 4 is 40.0 Å². The van der Waals surface area contributed by atoms with Gasteiger partial charge in [-0.15, -0.1) is 24.0 Å². The fourth-order valence-electron chi connectivity index (χ4n) is 2.68. The van der Waals surface area contributed by atoms with Crippen molar-refractivity contribution in [1.29, 1.82) is 0 Å². The Bertz CT molecular complexity index is 858. The molecule has 2 rings (SSSR count). The average molecular weight is 516 g/mol.